The molecule has 0 atom stereocenters. The number of aromatic nitrogens is 1. The van der Waals surface area contributed by atoms with Crippen LogP contribution in [0.5, 0.6) is 11.5 Å². The van der Waals surface area contributed by atoms with E-state index in [0.29, 0.717) is 23.2 Å². The number of nitrogens with one attached hydrogen (secondary N) is 1. The molecule has 0 radical (unpaired) electrons. The van der Waals surface area contributed by atoms with Crippen LogP contribution >= 0.6 is 23.2 Å². The minimum absolute atomic E-state index is 0.0634. The number of hydrogen-bond donors (Lipinski definition) is 1. The van der Waals surface area contributed by atoms with Crippen LogP contribution in [0.1, 0.15) is 46.0 Å². The highest BCUT2D eigenvalue weighted by Crippen LogP contribution is 2.27. The molecule has 1 amide bonds. The molecule has 0 spiro atoms. The number of ether oxygens (including phenoxy) is 2. The number of rotatable bonds is 8. The number of pyridine rings is 1. The van der Waals surface area contributed by atoms with Gasteiger partial charge in [-0.25, -0.2) is 4.98 Å². The number of amides is 1. The van der Waals surface area contributed by atoms with Gasteiger partial charge in [-0.2, -0.15) is 0 Å². The first-order chi connectivity index (χ1) is 14.3. The van der Waals surface area contributed by atoms with E-state index in [9.17, 15) is 4.79 Å². The van der Waals surface area contributed by atoms with Gasteiger partial charge in [0.25, 0.3) is 0 Å². The molecule has 30 heavy (non-hydrogen) atoms. The first-order valence-electron chi connectivity index (χ1n) is 10.3. The van der Waals surface area contributed by atoms with E-state index in [2.05, 4.69) is 10.3 Å². The van der Waals surface area contributed by atoms with Gasteiger partial charge in [-0.15, -0.1) is 0 Å². The van der Waals surface area contributed by atoms with Gasteiger partial charge in [0.05, 0.1) is 18.9 Å². The number of nitrogens with zero attached hydrogens (tertiary/aromatic N) is 1. The Morgan fingerprint density at radius 1 is 1.07 bits per heavy atom. The van der Waals surface area contributed by atoms with Crippen LogP contribution in [-0.4, -0.2) is 29.6 Å². The van der Waals surface area contributed by atoms with E-state index in [1.807, 2.05) is 32.0 Å². The summed E-state index contributed by atoms with van der Waals surface area (Å²) in [7, 11) is 0. The monoisotopic (exact) mass is 450 g/mol. The largest absolute Gasteiger partial charge is 0.494 e. The van der Waals surface area contributed by atoms with Crippen molar-refractivity contribution in [2.45, 2.75) is 58.1 Å². The third-order valence-electron chi connectivity index (χ3n) is 5.44. The van der Waals surface area contributed by atoms with E-state index < -0.39 is 5.41 Å². The van der Waals surface area contributed by atoms with Gasteiger partial charge < -0.3 is 14.8 Å². The lowest BCUT2D eigenvalue weighted by Crippen LogP contribution is -2.45. The second kappa shape index (κ2) is 10.4. The van der Waals surface area contributed by atoms with Gasteiger partial charge in [-0.1, -0.05) is 37.0 Å². The minimum Gasteiger partial charge on any atom is -0.494 e. The number of carbonyl (C=O) groups excluding carboxylic acids is 1. The maximum absolute atomic E-state index is 12.8. The highest BCUT2D eigenvalue weighted by molar-refractivity contribution is 6.30. The molecule has 0 unspecified atom stereocenters. The topological polar surface area (TPSA) is 60.5 Å². The van der Waals surface area contributed by atoms with Gasteiger partial charge in [0.2, 0.25) is 5.91 Å². The highest BCUT2D eigenvalue weighted by atomic mass is 35.5. The zero-order chi connectivity index (χ0) is 21.6. The molecule has 0 aliphatic heterocycles. The number of benzene rings is 1. The summed E-state index contributed by atoms with van der Waals surface area (Å²) in [5, 5.41) is 4.34. The van der Waals surface area contributed by atoms with Crippen LogP contribution in [0.2, 0.25) is 10.2 Å². The first kappa shape index (κ1) is 22.7. The SMILES string of the molecule is CC(C)(CCOc1ccc(Cl)cc1)C(=O)NC1CCC(Oc2ccc(Cl)nc2)CC1. The van der Waals surface area contributed by atoms with Crippen LogP contribution in [0.3, 0.4) is 0 Å². The Morgan fingerprint density at radius 2 is 1.73 bits per heavy atom. The van der Waals surface area contributed by atoms with Crippen molar-refractivity contribution in [3.63, 3.8) is 0 Å². The third kappa shape index (κ3) is 6.78. The summed E-state index contributed by atoms with van der Waals surface area (Å²) >= 11 is 11.7. The van der Waals surface area contributed by atoms with E-state index >= 15 is 0 Å². The average Bonchev–Trinajstić information content (AvgIpc) is 2.72. The zero-order valence-corrected chi connectivity index (χ0v) is 18.9. The van der Waals surface area contributed by atoms with Crippen LogP contribution in [-0.2, 0) is 4.79 Å². The number of hydrogen-bond acceptors (Lipinski definition) is 4. The van der Waals surface area contributed by atoms with Crippen molar-refractivity contribution in [2.24, 2.45) is 5.41 Å². The van der Waals surface area contributed by atoms with E-state index in [-0.39, 0.29) is 18.1 Å². The van der Waals surface area contributed by atoms with E-state index in [1.54, 1.807) is 24.4 Å². The van der Waals surface area contributed by atoms with Gasteiger partial charge in [-0.3, -0.25) is 4.79 Å². The minimum atomic E-state index is -0.505. The molecule has 1 heterocycles. The van der Waals surface area contributed by atoms with Crippen molar-refractivity contribution in [1.82, 2.24) is 10.3 Å². The van der Waals surface area contributed by atoms with Crippen molar-refractivity contribution in [3.8, 4) is 11.5 Å². The molecule has 1 fully saturated rings. The Morgan fingerprint density at radius 3 is 2.37 bits per heavy atom. The molecule has 1 aromatic heterocycles. The molecule has 1 saturated carbocycles. The summed E-state index contributed by atoms with van der Waals surface area (Å²) in [6.45, 7) is 4.38. The summed E-state index contributed by atoms with van der Waals surface area (Å²) in [5.41, 5.74) is -0.505. The fourth-order valence-corrected chi connectivity index (χ4v) is 3.64. The second-order valence-electron chi connectivity index (χ2n) is 8.32. The van der Waals surface area contributed by atoms with Crippen LogP contribution in [0, 0.1) is 5.41 Å². The van der Waals surface area contributed by atoms with Crippen LogP contribution in [0.25, 0.3) is 0 Å². The standard InChI is InChI=1S/C23H28Cl2N2O3/c1-23(2,13-14-29-18-7-3-16(24)4-8-18)22(28)27-17-5-9-19(10-6-17)30-20-11-12-21(25)26-15-20/h3-4,7-8,11-12,15,17,19H,5-6,9-10,13-14H2,1-2H3,(H,27,28). The molecule has 7 heteroatoms. The summed E-state index contributed by atoms with van der Waals surface area (Å²) < 4.78 is 11.7. The molecular formula is C23H28Cl2N2O3. The lowest BCUT2D eigenvalue weighted by atomic mass is 9.86. The summed E-state index contributed by atoms with van der Waals surface area (Å²) in [6, 6.07) is 11.0. The molecule has 3 rings (SSSR count). The summed E-state index contributed by atoms with van der Waals surface area (Å²) in [5.74, 6) is 1.55. The van der Waals surface area contributed by atoms with Crippen molar-refractivity contribution in [3.05, 3.63) is 52.8 Å². The van der Waals surface area contributed by atoms with Crippen molar-refractivity contribution >= 4 is 29.1 Å². The highest BCUT2D eigenvalue weighted by Gasteiger charge is 2.31. The van der Waals surface area contributed by atoms with Crippen LogP contribution < -0.4 is 14.8 Å². The van der Waals surface area contributed by atoms with Crippen molar-refractivity contribution < 1.29 is 14.3 Å². The Kier molecular flexibility index (Phi) is 7.84. The summed E-state index contributed by atoms with van der Waals surface area (Å²) in [4.78, 5) is 16.8. The van der Waals surface area contributed by atoms with Crippen molar-refractivity contribution in [1.29, 1.82) is 0 Å². The Hall–Kier alpha value is -1.98. The normalized spacial score (nSPS) is 19.2. The van der Waals surface area contributed by atoms with Gasteiger partial charge in [0.15, 0.2) is 0 Å². The Labute approximate surface area is 188 Å². The molecule has 1 aliphatic rings. The maximum atomic E-state index is 12.8. The van der Waals surface area contributed by atoms with Gasteiger partial charge in [0.1, 0.15) is 16.7 Å². The van der Waals surface area contributed by atoms with E-state index in [1.165, 1.54) is 0 Å². The molecule has 5 nitrogen and oxygen atoms in total. The molecule has 2 aromatic rings. The lowest BCUT2D eigenvalue weighted by molar-refractivity contribution is -0.131. The quantitative estimate of drug-likeness (QED) is 0.524. The average molecular weight is 451 g/mol. The Balaban J connectivity index is 1.39. The molecular weight excluding hydrogens is 423 g/mol. The smallest absolute Gasteiger partial charge is 0.226 e. The van der Waals surface area contributed by atoms with E-state index in [0.717, 1.165) is 37.2 Å². The molecule has 1 aliphatic carbocycles. The predicted octanol–water partition coefficient (Wildman–Crippen LogP) is 5.69. The second-order valence-corrected chi connectivity index (χ2v) is 9.14. The molecule has 1 aromatic carbocycles. The molecule has 0 bridgehead atoms. The molecule has 1 N–H and O–H groups in total. The predicted molar refractivity (Wildman–Crippen MR) is 119 cm³/mol. The van der Waals surface area contributed by atoms with Crippen molar-refractivity contribution in [2.75, 3.05) is 6.61 Å². The summed E-state index contributed by atoms with van der Waals surface area (Å²) in [6.07, 6.45) is 6.00. The van der Waals surface area contributed by atoms with Gasteiger partial charge in [0, 0.05) is 16.5 Å². The van der Waals surface area contributed by atoms with Gasteiger partial charge in [-0.05, 0) is 68.5 Å². The Bertz CT molecular complexity index is 817. The fraction of sp³-hybridized carbons (Fsp3) is 0.478. The third-order valence-corrected chi connectivity index (χ3v) is 5.91. The fourth-order valence-electron chi connectivity index (χ4n) is 3.40. The molecule has 0 saturated heterocycles. The van der Waals surface area contributed by atoms with Crippen LogP contribution in [0.15, 0.2) is 42.6 Å². The number of halogens is 2. The van der Waals surface area contributed by atoms with Gasteiger partial charge >= 0.3 is 0 Å². The molecule has 162 valence electrons. The van der Waals surface area contributed by atoms with E-state index in [4.69, 9.17) is 32.7 Å². The van der Waals surface area contributed by atoms with Crippen LogP contribution in [0.4, 0.5) is 0 Å². The maximum Gasteiger partial charge on any atom is 0.226 e. The number of carbonyl (C=O) groups is 1. The zero-order valence-electron chi connectivity index (χ0n) is 17.4. The first-order valence-corrected chi connectivity index (χ1v) is 11.0. The lowest BCUT2D eigenvalue weighted by Gasteiger charge is -2.32.